The van der Waals surface area contributed by atoms with Gasteiger partial charge < -0.3 is 5.73 Å². The van der Waals surface area contributed by atoms with Gasteiger partial charge in [0.15, 0.2) is 0 Å². The molecule has 1 atom stereocenters. The first kappa shape index (κ1) is 12.7. The highest BCUT2D eigenvalue weighted by atomic mass is 79.9. The number of hydrogen-bond donors (Lipinski definition) is 1. The second-order valence-corrected chi connectivity index (χ2v) is 5.46. The summed E-state index contributed by atoms with van der Waals surface area (Å²) >= 11 is 3.56. The number of aryl methyl sites for hydroxylation is 1. The Hall–Kier alpha value is -0.340. The molecular weight excluding hydrogens is 250 g/mol. The molecule has 1 aromatic rings. The summed E-state index contributed by atoms with van der Waals surface area (Å²) in [6, 6.07) is 6.51. The maximum Gasteiger partial charge on any atom is 0.0306 e. The van der Waals surface area contributed by atoms with Gasteiger partial charge in [-0.2, -0.15) is 0 Å². The molecule has 0 radical (unpaired) electrons. The van der Waals surface area contributed by atoms with Crippen LogP contribution in [-0.2, 0) is 0 Å². The van der Waals surface area contributed by atoms with Gasteiger partial charge in [-0.25, -0.2) is 0 Å². The molecule has 1 rings (SSSR count). The van der Waals surface area contributed by atoms with E-state index in [1.54, 1.807) is 0 Å². The molecule has 2 N–H and O–H groups in total. The predicted molar refractivity (Wildman–Crippen MR) is 69.9 cm³/mol. The molecule has 0 bridgehead atoms. The summed E-state index contributed by atoms with van der Waals surface area (Å²) in [6.07, 6.45) is 2.24. The van der Waals surface area contributed by atoms with E-state index in [9.17, 15) is 0 Å². The maximum absolute atomic E-state index is 6.18. The van der Waals surface area contributed by atoms with Crippen LogP contribution in [0.5, 0.6) is 0 Å². The molecule has 0 aliphatic carbocycles. The second kappa shape index (κ2) is 5.66. The summed E-state index contributed by atoms with van der Waals surface area (Å²) in [7, 11) is 0. The Morgan fingerprint density at radius 3 is 2.53 bits per heavy atom. The molecule has 0 saturated carbocycles. The largest absolute Gasteiger partial charge is 0.324 e. The minimum absolute atomic E-state index is 0.154. The average molecular weight is 270 g/mol. The lowest BCUT2D eigenvalue weighted by molar-refractivity contribution is 0.506. The van der Waals surface area contributed by atoms with Gasteiger partial charge in [0.25, 0.3) is 0 Å². The van der Waals surface area contributed by atoms with Gasteiger partial charge in [0.05, 0.1) is 0 Å². The monoisotopic (exact) mass is 269 g/mol. The Morgan fingerprint density at radius 2 is 1.93 bits per heavy atom. The number of nitrogens with two attached hydrogens (primary N) is 1. The topological polar surface area (TPSA) is 26.0 Å². The van der Waals surface area contributed by atoms with Crippen LogP contribution in [0.4, 0.5) is 0 Å². The molecule has 0 heterocycles. The van der Waals surface area contributed by atoms with Gasteiger partial charge in [-0.3, -0.25) is 0 Å². The summed E-state index contributed by atoms with van der Waals surface area (Å²) < 4.78 is 1.13. The zero-order chi connectivity index (χ0) is 11.4. The Bertz CT molecular complexity index is 320. The lowest BCUT2D eigenvalue weighted by Crippen LogP contribution is -2.12. The van der Waals surface area contributed by atoms with Crippen LogP contribution in [0.3, 0.4) is 0 Å². The fourth-order valence-corrected chi connectivity index (χ4v) is 2.16. The molecule has 0 aliphatic rings. The molecule has 2 heteroatoms. The fraction of sp³-hybridized carbons (Fsp3) is 0.538. The van der Waals surface area contributed by atoms with E-state index in [1.165, 1.54) is 17.5 Å². The van der Waals surface area contributed by atoms with E-state index < -0.39 is 0 Å². The third-order valence-electron chi connectivity index (χ3n) is 2.61. The Balaban J connectivity index is 2.72. The first-order chi connectivity index (χ1) is 7.00. The van der Waals surface area contributed by atoms with Gasteiger partial charge in [-0.05, 0) is 37.3 Å². The maximum atomic E-state index is 6.18. The molecule has 15 heavy (non-hydrogen) atoms. The van der Waals surface area contributed by atoms with Gasteiger partial charge in [-0.1, -0.05) is 47.5 Å². The van der Waals surface area contributed by atoms with E-state index in [4.69, 9.17) is 5.73 Å². The van der Waals surface area contributed by atoms with Crippen molar-refractivity contribution in [3.63, 3.8) is 0 Å². The minimum Gasteiger partial charge on any atom is -0.324 e. The summed E-state index contributed by atoms with van der Waals surface area (Å²) in [5.41, 5.74) is 8.69. The molecule has 0 amide bonds. The second-order valence-electron chi connectivity index (χ2n) is 4.60. The van der Waals surface area contributed by atoms with E-state index in [1.807, 2.05) is 0 Å². The standard InChI is InChI=1S/C13H20BrN/c1-9(2)4-7-13(15)11-8-10(3)5-6-12(11)14/h5-6,8-9,13H,4,7,15H2,1-3H3. The third kappa shape index (κ3) is 3.96. The molecule has 0 fully saturated rings. The number of halogens is 1. The number of hydrogen-bond acceptors (Lipinski definition) is 1. The van der Waals surface area contributed by atoms with Crippen LogP contribution in [0.15, 0.2) is 22.7 Å². The van der Waals surface area contributed by atoms with Crippen LogP contribution in [-0.4, -0.2) is 0 Å². The van der Waals surface area contributed by atoms with Crippen molar-refractivity contribution in [2.75, 3.05) is 0 Å². The normalized spacial score (nSPS) is 13.2. The Labute approximate surface area is 101 Å². The van der Waals surface area contributed by atoms with Crippen LogP contribution < -0.4 is 5.73 Å². The first-order valence-corrected chi connectivity index (χ1v) is 6.31. The van der Waals surface area contributed by atoms with Crippen molar-refractivity contribution in [1.82, 2.24) is 0 Å². The van der Waals surface area contributed by atoms with E-state index in [0.29, 0.717) is 0 Å². The van der Waals surface area contributed by atoms with E-state index >= 15 is 0 Å². The molecule has 1 aromatic carbocycles. The SMILES string of the molecule is Cc1ccc(Br)c(C(N)CCC(C)C)c1. The highest BCUT2D eigenvalue weighted by molar-refractivity contribution is 9.10. The minimum atomic E-state index is 0.154. The molecule has 1 unspecified atom stereocenters. The van der Waals surface area contributed by atoms with Gasteiger partial charge >= 0.3 is 0 Å². The summed E-state index contributed by atoms with van der Waals surface area (Å²) in [6.45, 7) is 6.57. The first-order valence-electron chi connectivity index (χ1n) is 5.52. The van der Waals surface area contributed by atoms with Crippen molar-refractivity contribution in [2.24, 2.45) is 11.7 Å². The molecule has 1 nitrogen and oxygen atoms in total. The molecule has 0 aliphatic heterocycles. The van der Waals surface area contributed by atoms with Crippen LogP contribution >= 0.6 is 15.9 Å². The molecule has 84 valence electrons. The van der Waals surface area contributed by atoms with Crippen molar-refractivity contribution in [1.29, 1.82) is 0 Å². The van der Waals surface area contributed by atoms with Crippen molar-refractivity contribution < 1.29 is 0 Å². The zero-order valence-corrected chi connectivity index (χ0v) is 11.3. The summed E-state index contributed by atoms with van der Waals surface area (Å²) in [5, 5.41) is 0. The van der Waals surface area contributed by atoms with Crippen molar-refractivity contribution in [3.05, 3.63) is 33.8 Å². The molecule has 0 aromatic heterocycles. The van der Waals surface area contributed by atoms with E-state index in [-0.39, 0.29) is 6.04 Å². The Kier molecular flexibility index (Phi) is 4.81. The lowest BCUT2D eigenvalue weighted by atomic mass is 9.97. The van der Waals surface area contributed by atoms with Crippen molar-refractivity contribution >= 4 is 15.9 Å². The zero-order valence-electron chi connectivity index (χ0n) is 9.76. The fourth-order valence-electron chi connectivity index (χ4n) is 1.62. The van der Waals surface area contributed by atoms with Crippen molar-refractivity contribution in [3.8, 4) is 0 Å². The van der Waals surface area contributed by atoms with Crippen LogP contribution in [0.1, 0.15) is 43.9 Å². The third-order valence-corrected chi connectivity index (χ3v) is 3.33. The van der Waals surface area contributed by atoms with Gasteiger partial charge in [0.2, 0.25) is 0 Å². The van der Waals surface area contributed by atoms with Gasteiger partial charge in [0, 0.05) is 10.5 Å². The van der Waals surface area contributed by atoms with E-state index in [0.717, 1.165) is 16.8 Å². The van der Waals surface area contributed by atoms with Crippen LogP contribution in [0.25, 0.3) is 0 Å². The quantitative estimate of drug-likeness (QED) is 0.872. The number of benzene rings is 1. The predicted octanol–water partition coefficient (Wildman–Crippen LogP) is 4.19. The summed E-state index contributed by atoms with van der Waals surface area (Å²) in [4.78, 5) is 0. The highest BCUT2D eigenvalue weighted by Crippen LogP contribution is 2.26. The Morgan fingerprint density at radius 1 is 1.27 bits per heavy atom. The summed E-state index contributed by atoms with van der Waals surface area (Å²) in [5.74, 6) is 0.722. The molecular formula is C13H20BrN. The lowest BCUT2D eigenvalue weighted by Gasteiger charge is -2.15. The van der Waals surface area contributed by atoms with E-state index in [2.05, 4.69) is 54.9 Å². The number of rotatable bonds is 4. The molecule has 0 saturated heterocycles. The van der Waals surface area contributed by atoms with Crippen LogP contribution in [0, 0.1) is 12.8 Å². The van der Waals surface area contributed by atoms with Crippen molar-refractivity contribution in [2.45, 2.75) is 39.7 Å². The van der Waals surface area contributed by atoms with Gasteiger partial charge in [0.1, 0.15) is 0 Å². The van der Waals surface area contributed by atoms with Gasteiger partial charge in [-0.15, -0.1) is 0 Å². The highest BCUT2D eigenvalue weighted by Gasteiger charge is 2.10. The van der Waals surface area contributed by atoms with Crippen LogP contribution in [0.2, 0.25) is 0 Å². The molecule has 0 spiro atoms. The smallest absolute Gasteiger partial charge is 0.0306 e. The average Bonchev–Trinajstić information content (AvgIpc) is 2.18.